The fraction of sp³-hybridized carbons (Fsp3) is 0.263. The average Bonchev–Trinajstić information content (AvgIpc) is 3.02. The second-order valence-corrected chi connectivity index (χ2v) is 6.38. The van der Waals surface area contributed by atoms with Gasteiger partial charge in [-0.25, -0.2) is 0 Å². The Balaban J connectivity index is 1.69. The van der Waals surface area contributed by atoms with Crippen molar-refractivity contribution in [2.45, 2.75) is 30.8 Å². The molecule has 24 heavy (non-hydrogen) atoms. The number of thioether (sulfide) groups is 1. The summed E-state index contributed by atoms with van der Waals surface area (Å²) in [6.45, 7) is 3.01. The van der Waals surface area contributed by atoms with Crippen LogP contribution in [-0.4, -0.2) is 21.9 Å². The molecule has 0 bridgehead atoms. The Morgan fingerprint density at radius 2 is 1.71 bits per heavy atom. The van der Waals surface area contributed by atoms with Gasteiger partial charge in [0.25, 0.3) is 0 Å². The standard InChI is InChI=1S/C19H21N3OS/c1-3-22-18(13-15-7-5-4-6-8-15)20-21-19(22)24-14-16-9-11-17(23-2)12-10-16/h4-12H,3,13-14H2,1-2H3. The van der Waals surface area contributed by atoms with Gasteiger partial charge >= 0.3 is 0 Å². The van der Waals surface area contributed by atoms with Gasteiger partial charge in [0.15, 0.2) is 5.16 Å². The lowest BCUT2D eigenvalue weighted by Crippen LogP contribution is -2.04. The lowest BCUT2D eigenvalue weighted by Gasteiger charge is -2.08. The molecule has 0 aliphatic heterocycles. The largest absolute Gasteiger partial charge is 0.497 e. The molecule has 2 aromatic carbocycles. The van der Waals surface area contributed by atoms with Crippen molar-refractivity contribution in [3.05, 3.63) is 71.5 Å². The highest BCUT2D eigenvalue weighted by molar-refractivity contribution is 7.98. The van der Waals surface area contributed by atoms with Crippen molar-refractivity contribution >= 4 is 11.8 Å². The molecule has 1 heterocycles. The van der Waals surface area contributed by atoms with E-state index < -0.39 is 0 Å². The Morgan fingerprint density at radius 1 is 0.958 bits per heavy atom. The van der Waals surface area contributed by atoms with Gasteiger partial charge in [0.05, 0.1) is 7.11 Å². The number of benzene rings is 2. The minimum absolute atomic E-state index is 0.810. The van der Waals surface area contributed by atoms with E-state index in [9.17, 15) is 0 Å². The molecule has 0 saturated carbocycles. The topological polar surface area (TPSA) is 39.9 Å². The maximum atomic E-state index is 5.20. The van der Waals surface area contributed by atoms with Crippen LogP contribution in [0, 0.1) is 0 Å². The van der Waals surface area contributed by atoms with Gasteiger partial charge in [-0.1, -0.05) is 54.2 Å². The van der Waals surface area contributed by atoms with Gasteiger partial charge in [-0.3, -0.25) is 0 Å². The first-order chi connectivity index (χ1) is 11.8. The lowest BCUT2D eigenvalue weighted by molar-refractivity contribution is 0.414. The minimum atomic E-state index is 0.810. The van der Waals surface area contributed by atoms with Gasteiger partial charge in [-0.05, 0) is 30.2 Å². The average molecular weight is 339 g/mol. The molecule has 3 aromatic rings. The molecule has 124 valence electrons. The van der Waals surface area contributed by atoms with Crippen LogP contribution in [0.3, 0.4) is 0 Å². The summed E-state index contributed by atoms with van der Waals surface area (Å²) in [6.07, 6.45) is 0.810. The predicted octanol–water partition coefficient (Wildman–Crippen LogP) is 4.19. The number of rotatable bonds is 7. The van der Waals surface area contributed by atoms with E-state index in [0.717, 1.165) is 35.4 Å². The Hall–Kier alpha value is -2.27. The second-order valence-electron chi connectivity index (χ2n) is 5.44. The van der Waals surface area contributed by atoms with Gasteiger partial charge < -0.3 is 9.30 Å². The van der Waals surface area contributed by atoms with Crippen LogP contribution in [0.2, 0.25) is 0 Å². The van der Waals surface area contributed by atoms with Crippen LogP contribution < -0.4 is 4.74 Å². The smallest absolute Gasteiger partial charge is 0.191 e. The van der Waals surface area contributed by atoms with Crippen molar-refractivity contribution in [3.63, 3.8) is 0 Å². The Labute approximate surface area is 146 Å². The first-order valence-corrected chi connectivity index (χ1v) is 9.00. The van der Waals surface area contributed by atoms with Gasteiger partial charge in [-0.2, -0.15) is 0 Å². The number of methoxy groups -OCH3 is 1. The second kappa shape index (κ2) is 8.02. The van der Waals surface area contributed by atoms with Crippen LogP contribution in [0.25, 0.3) is 0 Å². The molecule has 1 aromatic heterocycles. The van der Waals surface area contributed by atoms with Crippen LogP contribution in [0.1, 0.15) is 23.9 Å². The first kappa shape index (κ1) is 16.6. The quantitative estimate of drug-likeness (QED) is 0.605. The van der Waals surface area contributed by atoms with Crippen LogP contribution >= 0.6 is 11.8 Å². The molecule has 0 atom stereocenters. The molecule has 0 fully saturated rings. The summed E-state index contributed by atoms with van der Waals surface area (Å²) in [6, 6.07) is 18.5. The highest BCUT2D eigenvalue weighted by Crippen LogP contribution is 2.24. The fourth-order valence-corrected chi connectivity index (χ4v) is 3.50. The lowest BCUT2D eigenvalue weighted by atomic mass is 10.1. The molecule has 0 saturated heterocycles. The van der Waals surface area contributed by atoms with Crippen LogP contribution in [0.5, 0.6) is 5.75 Å². The maximum Gasteiger partial charge on any atom is 0.191 e. The van der Waals surface area contributed by atoms with E-state index in [1.54, 1.807) is 18.9 Å². The molecule has 0 radical (unpaired) electrons. The predicted molar refractivity (Wildman–Crippen MR) is 97.5 cm³/mol. The summed E-state index contributed by atoms with van der Waals surface area (Å²) < 4.78 is 7.39. The Bertz CT molecular complexity index is 769. The summed E-state index contributed by atoms with van der Waals surface area (Å²) in [5.74, 6) is 2.76. The van der Waals surface area contributed by atoms with E-state index in [1.165, 1.54) is 11.1 Å². The van der Waals surface area contributed by atoms with E-state index in [1.807, 2.05) is 18.2 Å². The third kappa shape index (κ3) is 3.97. The summed E-state index contributed by atoms with van der Waals surface area (Å²) >= 11 is 1.72. The van der Waals surface area contributed by atoms with E-state index in [-0.39, 0.29) is 0 Å². The summed E-state index contributed by atoms with van der Waals surface area (Å²) in [5, 5.41) is 9.75. The number of hydrogen-bond donors (Lipinski definition) is 0. The highest BCUT2D eigenvalue weighted by Gasteiger charge is 2.12. The zero-order valence-electron chi connectivity index (χ0n) is 14.0. The molecule has 0 spiro atoms. The van der Waals surface area contributed by atoms with Gasteiger partial charge in [0.1, 0.15) is 11.6 Å². The summed E-state index contributed by atoms with van der Waals surface area (Å²) in [5.41, 5.74) is 2.50. The molecule has 4 nitrogen and oxygen atoms in total. The van der Waals surface area contributed by atoms with Gasteiger partial charge in [-0.15, -0.1) is 10.2 Å². The SMILES string of the molecule is CCn1c(Cc2ccccc2)nnc1SCc1ccc(OC)cc1. The van der Waals surface area contributed by atoms with Crippen molar-refractivity contribution in [1.82, 2.24) is 14.8 Å². The van der Waals surface area contributed by atoms with Crippen LogP contribution in [-0.2, 0) is 18.7 Å². The van der Waals surface area contributed by atoms with Crippen molar-refractivity contribution in [2.75, 3.05) is 7.11 Å². The van der Waals surface area contributed by atoms with E-state index >= 15 is 0 Å². The van der Waals surface area contributed by atoms with E-state index in [2.05, 4.69) is 58.1 Å². The summed E-state index contributed by atoms with van der Waals surface area (Å²) in [4.78, 5) is 0. The van der Waals surface area contributed by atoms with E-state index in [4.69, 9.17) is 4.74 Å². The number of hydrogen-bond acceptors (Lipinski definition) is 4. The molecular weight excluding hydrogens is 318 g/mol. The maximum absolute atomic E-state index is 5.20. The van der Waals surface area contributed by atoms with Crippen molar-refractivity contribution < 1.29 is 4.74 Å². The van der Waals surface area contributed by atoms with Crippen LogP contribution in [0.15, 0.2) is 59.8 Å². The normalized spacial score (nSPS) is 10.8. The molecular formula is C19H21N3OS. The Kier molecular flexibility index (Phi) is 5.54. The highest BCUT2D eigenvalue weighted by atomic mass is 32.2. The van der Waals surface area contributed by atoms with E-state index in [0.29, 0.717) is 0 Å². The summed E-state index contributed by atoms with van der Waals surface area (Å²) in [7, 11) is 1.68. The molecule has 0 unspecified atom stereocenters. The van der Waals surface area contributed by atoms with Crippen molar-refractivity contribution in [2.24, 2.45) is 0 Å². The zero-order chi connectivity index (χ0) is 16.8. The molecule has 0 amide bonds. The number of nitrogens with zero attached hydrogens (tertiary/aromatic N) is 3. The molecule has 3 rings (SSSR count). The molecule has 0 N–H and O–H groups in total. The fourth-order valence-electron chi connectivity index (χ4n) is 2.52. The first-order valence-electron chi connectivity index (χ1n) is 8.02. The van der Waals surface area contributed by atoms with Gasteiger partial charge in [0.2, 0.25) is 0 Å². The third-order valence-corrected chi connectivity index (χ3v) is 4.88. The monoisotopic (exact) mass is 339 g/mol. The number of aromatic nitrogens is 3. The van der Waals surface area contributed by atoms with Crippen LogP contribution in [0.4, 0.5) is 0 Å². The number of ether oxygens (including phenoxy) is 1. The minimum Gasteiger partial charge on any atom is -0.497 e. The molecule has 0 aliphatic rings. The van der Waals surface area contributed by atoms with Crippen molar-refractivity contribution in [1.29, 1.82) is 0 Å². The molecule has 5 heteroatoms. The third-order valence-electron chi connectivity index (χ3n) is 3.84. The van der Waals surface area contributed by atoms with Gasteiger partial charge in [0, 0.05) is 18.7 Å². The molecule has 0 aliphatic carbocycles. The van der Waals surface area contributed by atoms with Crippen molar-refractivity contribution in [3.8, 4) is 5.75 Å². The zero-order valence-corrected chi connectivity index (χ0v) is 14.8. The Morgan fingerprint density at radius 3 is 2.38 bits per heavy atom.